The highest BCUT2D eigenvalue weighted by molar-refractivity contribution is 7.99. The van der Waals surface area contributed by atoms with Crippen LogP contribution in [0.15, 0.2) is 28.7 Å². The first kappa shape index (κ1) is 19.2. The van der Waals surface area contributed by atoms with Crippen LogP contribution in [0, 0.1) is 0 Å². The first-order chi connectivity index (χ1) is 12.5. The molecule has 3 rings (SSSR count). The zero-order valence-electron chi connectivity index (χ0n) is 14.0. The van der Waals surface area contributed by atoms with E-state index in [0.717, 1.165) is 17.8 Å². The molecule has 0 atom stereocenters. The van der Waals surface area contributed by atoms with E-state index in [-0.39, 0.29) is 11.7 Å². The molecule has 136 valence electrons. The van der Waals surface area contributed by atoms with Gasteiger partial charge in [-0.2, -0.15) is 0 Å². The van der Waals surface area contributed by atoms with E-state index in [1.165, 1.54) is 23.1 Å². The van der Waals surface area contributed by atoms with E-state index in [0.29, 0.717) is 26.0 Å². The van der Waals surface area contributed by atoms with Crippen molar-refractivity contribution in [2.24, 2.45) is 7.05 Å². The zero-order valence-corrected chi connectivity index (χ0v) is 17.1. The van der Waals surface area contributed by atoms with Gasteiger partial charge in [0.1, 0.15) is 5.82 Å². The van der Waals surface area contributed by atoms with Gasteiger partial charge in [0.05, 0.1) is 16.5 Å². The zero-order chi connectivity index (χ0) is 18.7. The maximum absolute atomic E-state index is 12.2. The number of hydrogen-bond acceptors (Lipinski definition) is 6. The van der Waals surface area contributed by atoms with Crippen LogP contribution in [0.25, 0.3) is 11.3 Å². The van der Waals surface area contributed by atoms with Gasteiger partial charge in [-0.1, -0.05) is 41.9 Å². The summed E-state index contributed by atoms with van der Waals surface area (Å²) in [6.07, 6.45) is 0.797. The average molecular weight is 428 g/mol. The molecule has 0 aliphatic carbocycles. The van der Waals surface area contributed by atoms with Gasteiger partial charge in [-0.15, -0.1) is 21.5 Å². The minimum atomic E-state index is -0.154. The molecule has 0 saturated carbocycles. The number of nitrogens with one attached hydrogen (secondary N) is 1. The molecule has 0 bridgehead atoms. The van der Waals surface area contributed by atoms with Gasteiger partial charge in [-0.3, -0.25) is 4.79 Å². The number of benzene rings is 1. The largest absolute Gasteiger partial charge is 0.309 e. The highest BCUT2D eigenvalue weighted by atomic mass is 35.5. The van der Waals surface area contributed by atoms with Crippen LogP contribution in [-0.4, -0.2) is 31.4 Å². The molecule has 2 heterocycles. The predicted octanol–water partition coefficient (Wildman–Crippen LogP) is 4.54. The van der Waals surface area contributed by atoms with E-state index < -0.39 is 0 Å². The van der Waals surface area contributed by atoms with Crippen LogP contribution in [0.2, 0.25) is 10.0 Å². The van der Waals surface area contributed by atoms with E-state index in [1.54, 1.807) is 18.2 Å². The number of amides is 1. The van der Waals surface area contributed by atoms with Crippen molar-refractivity contribution in [2.75, 3.05) is 11.1 Å². The number of aryl methyl sites for hydroxylation is 1. The molecule has 3 aromatic rings. The monoisotopic (exact) mass is 427 g/mol. The summed E-state index contributed by atoms with van der Waals surface area (Å²) >= 11 is 14.8. The van der Waals surface area contributed by atoms with Crippen LogP contribution in [0.4, 0.5) is 5.13 Å². The predicted molar refractivity (Wildman–Crippen MR) is 107 cm³/mol. The Morgan fingerprint density at radius 2 is 2.15 bits per heavy atom. The number of aromatic nitrogens is 4. The third kappa shape index (κ3) is 4.37. The molecule has 6 nitrogen and oxygen atoms in total. The molecule has 1 amide bonds. The quantitative estimate of drug-likeness (QED) is 0.584. The SMILES string of the molecule is CCc1nnc(SCC(=O)Nc2nc(-c3ccc(Cl)cc3Cl)cs2)n1C. The average Bonchev–Trinajstić information content (AvgIpc) is 3.19. The summed E-state index contributed by atoms with van der Waals surface area (Å²) in [7, 11) is 1.89. The van der Waals surface area contributed by atoms with Gasteiger partial charge in [0.15, 0.2) is 10.3 Å². The van der Waals surface area contributed by atoms with Crippen molar-refractivity contribution < 1.29 is 4.79 Å². The van der Waals surface area contributed by atoms with Crippen LogP contribution in [-0.2, 0) is 18.3 Å². The van der Waals surface area contributed by atoms with Crippen LogP contribution >= 0.6 is 46.3 Å². The molecule has 0 aliphatic heterocycles. The highest BCUT2D eigenvalue weighted by Gasteiger charge is 2.13. The number of thiazole rings is 1. The Morgan fingerprint density at radius 3 is 2.85 bits per heavy atom. The number of nitrogens with zero attached hydrogens (tertiary/aromatic N) is 4. The number of hydrogen-bond donors (Lipinski definition) is 1. The Kier molecular flexibility index (Phi) is 6.18. The summed E-state index contributed by atoms with van der Waals surface area (Å²) in [6, 6.07) is 5.22. The molecule has 0 fully saturated rings. The molecule has 1 N–H and O–H groups in total. The minimum absolute atomic E-state index is 0.154. The Labute approximate surface area is 168 Å². The molecule has 0 aliphatic rings. The number of carbonyl (C=O) groups is 1. The molecule has 10 heteroatoms. The molecule has 0 radical (unpaired) electrons. The van der Waals surface area contributed by atoms with Crippen LogP contribution in [0.1, 0.15) is 12.7 Å². The lowest BCUT2D eigenvalue weighted by molar-refractivity contribution is -0.113. The van der Waals surface area contributed by atoms with E-state index in [1.807, 2.05) is 23.9 Å². The van der Waals surface area contributed by atoms with Crippen molar-refractivity contribution in [3.8, 4) is 11.3 Å². The lowest BCUT2D eigenvalue weighted by Gasteiger charge is -2.03. The van der Waals surface area contributed by atoms with Crippen molar-refractivity contribution in [1.82, 2.24) is 19.7 Å². The molecular formula is C16H15Cl2N5OS2. The summed E-state index contributed by atoms with van der Waals surface area (Å²) in [4.78, 5) is 16.6. The smallest absolute Gasteiger partial charge is 0.236 e. The molecule has 0 spiro atoms. The molecule has 0 saturated heterocycles. The van der Waals surface area contributed by atoms with E-state index >= 15 is 0 Å². The van der Waals surface area contributed by atoms with Crippen LogP contribution in [0.5, 0.6) is 0 Å². The van der Waals surface area contributed by atoms with E-state index in [2.05, 4.69) is 20.5 Å². The van der Waals surface area contributed by atoms with Crippen molar-refractivity contribution in [1.29, 1.82) is 0 Å². The maximum Gasteiger partial charge on any atom is 0.236 e. The minimum Gasteiger partial charge on any atom is -0.309 e. The maximum atomic E-state index is 12.2. The first-order valence-electron chi connectivity index (χ1n) is 7.69. The standard InChI is InChI=1S/C16H15Cl2N5OS2/c1-3-13-21-22-16(23(13)2)26-8-14(24)20-15-19-12(7-25-15)10-5-4-9(17)6-11(10)18/h4-7H,3,8H2,1-2H3,(H,19,20,24). The van der Waals surface area contributed by atoms with Gasteiger partial charge < -0.3 is 9.88 Å². The molecule has 1 aromatic carbocycles. The fourth-order valence-electron chi connectivity index (χ4n) is 2.22. The Hall–Kier alpha value is -1.61. The molecular weight excluding hydrogens is 413 g/mol. The van der Waals surface area contributed by atoms with Gasteiger partial charge in [-0.25, -0.2) is 4.98 Å². The number of halogens is 2. The number of carbonyl (C=O) groups excluding carboxylic acids is 1. The number of thioether (sulfide) groups is 1. The van der Waals surface area contributed by atoms with Crippen molar-refractivity contribution in [2.45, 2.75) is 18.5 Å². The first-order valence-corrected chi connectivity index (χ1v) is 10.3. The second-order valence-electron chi connectivity index (χ2n) is 5.31. The molecule has 26 heavy (non-hydrogen) atoms. The van der Waals surface area contributed by atoms with Crippen molar-refractivity contribution in [3.63, 3.8) is 0 Å². The Balaban J connectivity index is 1.61. The Morgan fingerprint density at radius 1 is 1.35 bits per heavy atom. The summed E-state index contributed by atoms with van der Waals surface area (Å²) in [6.45, 7) is 2.01. The second-order valence-corrected chi connectivity index (χ2v) is 7.95. The normalized spacial score (nSPS) is 10.9. The van der Waals surface area contributed by atoms with Crippen molar-refractivity contribution >= 4 is 57.3 Å². The number of rotatable bonds is 6. The van der Waals surface area contributed by atoms with Gasteiger partial charge in [0.25, 0.3) is 0 Å². The fourth-order valence-corrected chi connectivity index (χ4v) is 4.18. The summed E-state index contributed by atoms with van der Waals surface area (Å²) < 4.78 is 1.89. The topological polar surface area (TPSA) is 72.7 Å². The van der Waals surface area contributed by atoms with E-state index in [4.69, 9.17) is 23.2 Å². The Bertz CT molecular complexity index is 941. The summed E-state index contributed by atoms with van der Waals surface area (Å²) in [5.41, 5.74) is 1.47. The van der Waals surface area contributed by atoms with Crippen LogP contribution in [0.3, 0.4) is 0 Å². The van der Waals surface area contributed by atoms with Gasteiger partial charge >= 0.3 is 0 Å². The fraction of sp³-hybridized carbons (Fsp3) is 0.250. The third-order valence-corrected chi connectivity index (χ3v) is 5.86. The lowest BCUT2D eigenvalue weighted by Crippen LogP contribution is -2.14. The summed E-state index contributed by atoms with van der Waals surface area (Å²) in [5, 5.41) is 15.1. The highest BCUT2D eigenvalue weighted by Crippen LogP contribution is 2.32. The summed E-state index contributed by atoms with van der Waals surface area (Å²) in [5.74, 6) is 0.961. The van der Waals surface area contributed by atoms with Gasteiger partial charge in [0.2, 0.25) is 5.91 Å². The van der Waals surface area contributed by atoms with Gasteiger partial charge in [0, 0.05) is 29.4 Å². The number of anilines is 1. The third-order valence-electron chi connectivity index (χ3n) is 3.53. The second kappa shape index (κ2) is 8.39. The van der Waals surface area contributed by atoms with E-state index in [9.17, 15) is 4.79 Å². The van der Waals surface area contributed by atoms with Gasteiger partial charge in [-0.05, 0) is 18.2 Å². The van der Waals surface area contributed by atoms with Crippen molar-refractivity contribution in [3.05, 3.63) is 39.4 Å². The molecule has 0 unspecified atom stereocenters. The van der Waals surface area contributed by atoms with Crippen LogP contribution < -0.4 is 5.32 Å². The lowest BCUT2D eigenvalue weighted by atomic mass is 10.2. The molecule has 2 aromatic heterocycles.